The third-order valence-electron chi connectivity index (χ3n) is 3.57. The van der Waals surface area contributed by atoms with Crippen LogP contribution in [0, 0.1) is 11.3 Å². The number of nitriles is 1. The molecule has 1 atom stereocenters. The summed E-state index contributed by atoms with van der Waals surface area (Å²) < 4.78 is 5.99. The van der Waals surface area contributed by atoms with E-state index < -0.39 is 8.32 Å². The molecule has 5 heteroatoms. The SMILES string of the molecule is C[Si](C)(C)Oc1ccc([C@H](CC#N)N2CCNCC2)cc1. The number of benzene rings is 1. The molecule has 0 spiro atoms. The predicted octanol–water partition coefficient (Wildman–Crippen LogP) is 2.76. The molecule has 1 saturated heterocycles. The van der Waals surface area contributed by atoms with Gasteiger partial charge in [0.25, 0.3) is 0 Å². The molecule has 4 nitrogen and oxygen atoms in total. The van der Waals surface area contributed by atoms with E-state index in [1.165, 1.54) is 5.56 Å². The molecule has 1 N–H and O–H groups in total. The number of piperazine rings is 1. The molecular weight excluding hydrogens is 278 g/mol. The first-order chi connectivity index (χ1) is 9.99. The van der Waals surface area contributed by atoms with Crippen molar-refractivity contribution < 1.29 is 4.43 Å². The summed E-state index contributed by atoms with van der Waals surface area (Å²) in [5, 5.41) is 12.5. The Morgan fingerprint density at radius 3 is 2.38 bits per heavy atom. The van der Waals surface area contributed by atoms with Gasteiger partial charge in [-0.15, -0.1) is 0 Å². The fourth-order valence-electron chi connectivity index (χ4n) is 2.65. The first-order valence-corrected chi connectivity index (χ1v) is 11.0. The van der Waals surface area contributed by atoms with Gasteiger partial charge in [0.2, 0.25) is 8.32 Å². The van der Waals surface area contributed by atoms with Crippen molar-refractivity contribution in [3.05, 3.63) is 29.8 Å². The number of hydrogen-bond acceptors (Lipinski definition) is 4. The topological polar surface area (TPSA) is 48.3 Å². The minimum absolute atomic E-state index is 0.193. The number of nitrogens with one attached hydrogen (secondary N) is 1. The molecule has 21 heavy (non-hydrogen) atoms. The Morgan fingerprint density at radius 2 is 1.86 bits per heavy atom. The van der Waals surface area contributed by atoms with Gasteiger partial charge in [-0.05, 0) is 37.3 Å². The molecule has 1 aromatic carbocycles. The monoisotopic (exact) mass is 303 g/mol. The average Bonchev–Trinajstić information content (AvgIpc) is 2.45. The predicted molar refractivity (Wildman–Crippen MR) is 87.8 cm³/mol. The van der Waals surface area contributed by atoms with Gasteiger partial charge in [0.1, 0.15) is 5.75 Å². The number of rotatable bonds is 5. The summed E-state index contributed by atoms with van der Waals surface area (Å²) in [7, 11) is -1.56. The van der Waals surface area contributed by atoms with Crippen LogP contribution in [0.2, 0.25) is 19.6 Å². The first kappa shape index (κ1) is 16.0. The molecule has 0 aliphatic carbocycles. The van der Waals surface area contributed by atoms with E-state index in [2.05, 4.69) is 48.1 Å². The Balaban J connectivity index is 2.11. The Kier molecular flexibility index (Phi) is 5.40. The molecule has 0 saturated carbocycles. The van der Waals surface area contributed by atoms with Crippen molar-refractivity contribution in [2.24, 2.45) is 0 Å². The smallest absolute Gasteiger partial charge is 0.242 e. The van der Waals surface area contributed by atoms with E-state index in [0.29, 0.717) is 6.42 Å². The normalized spacial score (nSPS) is 18.0. The lowest BCUT2D eigenvalue weighted by Gasteiger charge is -2.34. The summed E-state index contributed by atoms with van der Waals surface area (Å²) in [6, 6.07) is 10.8. The van der Waals surface area contributed by atoms with Gasteiger partial charge in [0.05, 0.1) is 12.5 Å². The summed E-state index contributed by atoms with van der Waals surface area (Å²) in [5.41, 5.74) is 1.21. The van der Waals surface area contributed by atoms with Crippen LogP contribution in [0.25, 0.3) is 0 Å². The van der Waals surface area contributed by atoms with Crippen LogP contribution < -0.4 is 9.74 Å². The van der Waals surface area contributed by atoms with E-state index >= 15 is 0 Å². The summed E-state index contributed by atoms with van der Waals surface area (Å²) >= 11 is 0. The molecule has 1 aromatic rings. The third-order valence-corrected chi connectivity index (χ3v) is 4.41. The molecule has 1 aliphatic heterocycles. The Bertz CT molecular complexity index is 484. The van der Waals surface area contributed by atoms with Crippen LogP contribution in [0.5, 0.6) is 5.75 Å². The highest BCUT2D eigenvalue weighted by molar-refractivity contribution is 6.70. The van der Waals surface area contributed by atoms with Gasteiger partial charge in [-0.25, -0.2) is 0 Å². The van der Waals surface area contributed by atoms with Gasteiger partial charge < -0.3 is 9.74 Å². The molecule has 0 aromatic heterocycles. The lowest BCUT2D eigenvalue weighted by atomic mass is 10.0. The van der Waals surface area contributed by atoms with Crippen LogP contribution in [0.1, 0.15) is 18.0 Å². The third kappa shape index (κ3) is 4.85. The Hall–Kier alpha value is -1.35. The highest BCUT2D eigenvalue weighted by Crippen LogP contribution is 2.27. The van der Waals surface area contributed by atoms with Crippen molar-refractivity contribution in [1.29, 1.82) is 5.26 Å². The Labute approximate surface area is 128 Å². The van der Waals surface area contributed by atoms with Crippen molar-refractivity contribution >= 4 is 8.32 Å². The minimum atomic E-state index is -1.56. The molecule has 1 heterocycles. The van der Waals surface area contributed by atoms with Gasteiger partial charge in [-0.1, -0.05) is 12.1 Å². The van der Waals surface area contributed by atoms with Crippen molar-refractivity contribution in [2.45, 2.75) is 32.1 Å². The van der Waals surface area contributed by atoms with Crippen LogP contribution in [0.15, 0.2) is 24.3 Å². The zero-order valence-corrected chi connectivity index (χ0v) is 14.2. The summed E-state index contributed by atoms with van der Waals surface area (Å²) in [5.74, 6) is 0.939. The standard InChI is InChI=1S/C16H25N3OSi/c1-21(2,3)20-15-6-4-14(5-7-15)16(8-9-17)19-12-10-18-11-13-19/h4-7,16,18H,8,10-13H2,1-3H3/t16-/m0/s1. The van der Waals surface area contributed by atoms with Gasteiger partial charge in [0, 0.05) is 32.2 Å². The summed E-state index contributed by atoms with van der Waals surface area (Å²) in [4.78, 5) is 2.40. The molecule has 0 amide bonds. The Morgan fingerprint density at radius 1 is 1.24 bits per heavy atom. The van der Waals surface area contributed by atoms with Crippen LogP contribution in [0.4, 0.5) is 0 Å². The molecule has 1 fully saturated rings. The van der Waals surface area contributed by atoms with Crippen LogP contribution in [-0.4, -0.2) is 39.4 Å². The molecule has 2 rings (SSSR count). The van der Waals surface area contributed by atoms with Crippen LogP contribution >= 0.6 is 0 Å². The van der Waals surface area contributed by atoms with E-state index in [1.807, 2.05) is 12.1 Å². The number of hydrogen-bond donors (Lipinski definition) is 1. The highest BCUT2D eigenvalue weighted by Gasteiger charge is 2.22. The lowest BCUT2D eigenvalue weighted by molar-refractivity contribution is 0.175. The second-order valence-corrected chi connectivity index (χ2v) is 10.9. The molecule has 0 radical (unpaired) electrons. The fourth-order valence-corrected chi connectivity index (χ4v) is 3.49. The zero-order chi connectivity index (χ0) is 15.3. The second-order valence-electron chi connectivity index (χ2n) is 6.45. The van der Waals surface area contributed by atoms with E-state index in [-0.39, 0.29) is 6.04 Å². The number of nitrogens with zero attached hydrogens (tertiary/aromatic N) is 2. The lowest BCUT2D eigenvalue weighted by Crippen LogP contribution is -2.45. The quantitative estimate of drug-likeness (QED) is 0.850. The van der Waals surface area contributed by atoms with Crippen molar-refractivity contribution in [3.63, 3.8) is 0 Å². The van der Waals surface area contributed by atoms with E-state index in [1.54, 1.807) is 0 Å². The molecular formula is C16H25N3OSi. The van der Waals surface area contributed by atoms with E-state index in [4.69, 9.17) is 9.69 Å². The second kappa shape index (κ2) is 7.08. The molecule has 0 bridgehead atoms. The van der Waals surface area contributed by atoms with E-state index in [9.17, 15) is 0 Å². The van der Waals surface area contributed by atoms with Gasteiger partial charge in [-0.2, -0.15) is 5.26 Å². The zero-order valence-electron chi connectivity index (χ0n) is 13.2. The highest BCUT2D eigenvalue weighted by atomic mass is 28.4. The summed E-state index contributed by atoms with van der Waals surface area (Å²) in [6.07, 6.45) is 0.536. The molecule has 114 valence electrons. The van der Waals surface area contributed by atoms with Gasteiger partial charge in [0.15, 0.2) is 0 Å². The first-order valence-electron chi connectivity index (χ1n) is 7.60. The maximum Gasteiger partial charge on any atom is 0.242 e. The fraction of sp³-hybridized carbons (Fsp3) is 0.562. The van der Waals surface area contributed by atoms with E-state index in [0.717, 1.165) is 31.9 Å². The van der Waals surface area contributed by atoms with Crippen molar-refractivity contribution in [3.8, 4) is 11.8 Å². The van der Waals surface area contributed by atoms with Crippen LogP contribution in [-0.2, 0) is 0 Å². The van der Waals surface area contributed by atoms with Crippen molar-refractivity contribution in [1.82, 2.24) is 10.2 Å². The maximum absolute atomic E-state index is 9.12. The summed E-state index contributed by atoms with van der Waals surface area (Å²) in [6.45, 7) is 10.5. The van der Waals surface area contributed by atoms with Crippen LogP contribution in [0.3, 0.4) is 0 Å². The molecule has 1 aliphatic rings. The molecule has 0 unspecified atom stereocenters. The minimum Gasteiger partial charge on any atom is -0.544 e. The van der Waals surface area contributed by atoms with Gasteiger partial charge >= 0.3 is 0 Å². The van der Waals surface area contributed by atoms with Gasteiger partial charge in [-0.3, -0.25) is 4.90 Å². The maximum atomic E-state index is 9.12. The largest absolute Gasteiger partial charge is 0.544 e. The van der Waals surface area contributed by atoms with Crippen molar-refractivity contribution in [2.75, 3.05) is 26.2 Å². The average molecular weight is 303 g/mol.